The van der Waals surface area contributed by atoms with Crippen molar-refractivity contribution in [1.82, 2.24) is 0 Å². The van der Waals surface area contributed by atoms with Crippen LogP contribution in [0.5, 0.6) is 11.5 Å². The Balaban J connectivity index is 2.96. The van der Waals surface area contributed by atoms with Gasteiger partial charge in [0.2, 0.25) is 0 Å². The second-order valence-electron chi connectivity index (χ2n) is 4.54. The molecule has 0 saturated carbocycles. The number of unbranched alkanes of at least 4 members (excludes halogenated alkanes) is 1. The van der Waals surface area contributed by atoms with E-state index in [1.807, 2.05) is 6.07 Å². The third-order valence-corrected chi connectivity index (χ3v) is 2.85. The van der Waals surface area contributed by atoms with E-state index in [0.29, 0.717) is 11.5 Å². The summed E-state index contributed by atoms with van der Waals surface area (Å²) in [5.41, 5.74) is 1.07. The fourth-order valence-corrected chi connectivity index (χ4v) is 1.64. The molecule has 4 heteroatoms. The van der Waals surface area contributed by atoms with Crippen LogP contribution in [0, 0.1) is 0 Å². The van der Waals surface area contributed by atoms with E-state index in [9.17, 15) is 9.59 Å². The molecular formula is C16H22O4. The molecule has 0 aromatic heterocycles. The fourth-order valence-electron chi connectivity index (χ4n) is 1.64. The smallest absolute Gasteiger partial charge is 0.311 e. The molecule has 110 valence electrons. The van der Waals surface area contributed by atoms with Gasteiger partial charge in [-0.25, -0.2) is 0 Å². The lowest BCUT2D eigenvalue weighted by molar-refractivity contribution is -0.136. The molecule has 0 unspecified atom stereocenters. The lowest BCUT2D eigenvalue weighted by Crippen LogP contribution is -2.10. The molecule has 0 radical (unpaired) electrons. The molecular weight excluding hydrogens is 256 g/mol. The molecule has 0 fully saturated rings. The van der Waals surface area contributed by atoms with E-state index < -0.39 is 0 Å². The number of aryl methyl sites for hydroxylation is 1. The zero-order valence-corrected chi connectivity index (χ0v) is 12.4. The van der Waals surface area contributed by atoms with E-state index in [0.717, 1.165) is 24.8 Å². The molecule has 0 spiro atoms. The number of ether oxygens (including phenoxy) is 2. The predicted molar refractivity (Wildman–Crippen MR) is 76.9 cm³/mol. The summed E-state index contributed by atoms with van der Waals surface area (Å²) in [5.74, 6) is -0.0577. The summed E-state index contributed by atoms with van der Waals surface area (Å²) in [4.78, 5) is 22.8. The Bertz CT molecular complexity index is 466. The Morgan fingerprint density at radius 3 is 2.10 bits per heavy atom. The molecule has 0 heterocycles. The van der Waals surface area contributed by atoms with Crippen molar-refractivity contribution in [1.29, 1.82) is 0 Å². The molecule has 1 rings (SSSR count). The lowest BCUT2D eigenvalue weighted by atomic mass is 10.1. The Labute approximate surface area is 120 Å². The van der Waals surface area contributed by atoms with Crippen molar-refractivity contribution in [2.24, 2.45) is 0 Å². The van der Waals surface area contributed by atoms with Crippen LogP contribution < -0.4 is 9.47 Å². The standard InChI is InChI=1S/C16H22O4/c1-4-7-8-12-9-10-13(19-15(17)5-2)14(11-12)20-16(18)6-3/h9-11H,4-8H2,1-3H3. The zero-order valence-electron chi connectivity index (χ0n) is 12.4. The third-order valence-electron chi connectivity index (χ3n) is 2.85. The predicted octanol–water partition coefficient (Wildman–Crippen LogP) is 3.66. The summed E-state index contributed by atoms with van der Waals surface area (Å²) in [6, 6.07) is 5.37. The Morgan fingerprint density at radius 2 is 1.55 bits per heavy atom. The quantitative estimate of drug-likeness (QED) is 0.564. The topological polar surface area (TPSA) is 52.6 Å². The summed E-state index contributed by atoms with van der Waals surface area (Å²) >= 11 is 0. The van der Waals surface area contributed by atoms with Crippen LogP contribution in [0.25, 0.3) is 0 Å². The summed E-state index contributed by atoms with van der Waals surface area (Å²) in [5, 5.41) is 0. The van der Waals surface area contributed by atoms with Crippen LogP contribution in [0.3, 0.4) is 0 Å². The summed E-state index contributed by atoms with van der Waals surface area (Å²) in [6.45, 7) is 5.56. The number of esters is 2. The molecule has 0 saturated heterocycles. The normalized spacial score (nSPS) is 10.2. The molecule has 4 nitrogen and oxygen atoms in total. The Hall–Kier alpha value is -1.84. The third kappa shape index (κ3) is 5.03. The number of carbonyl (C=O) groups is 2. The fraction of sp³-hybridized carbons (Fsp3) is 0.500. The Morgan fingerprint density at radius 1 is 0.950 bits per heavy atom. The van der Waals surface area contributed by atoms with Gasteiger partial charge >= 0.3 is 11.9 Å². The highest BCUT2D eigenvalue weighted by atomic mass is 16.6. The average molecular weight is 278 g/mol. The monoisotopic (exact) mass is 278 g/mol. The maximum atomic E-state index is 11.5. The SMILES string of the molecule is CCCCc1ccc(OC(=O)CC)c(OC(=O)CC)c1. The summed E-state index contributed by atoms with van der Waals surface area (Å²) in [6.07, 6.45) is 3.63. The lowest BCUT2D eigenvalue weighted by Gasteiger charge is -2.11. The number of benzene rings is 1. The molecule has 0 amide bonds. The maximum Gasteiger partial charge on any atom is 0.311 e. The van der Waals surface area contributed by atoms with Gasteiger partial charge in [-0.2, -0.15) is 0 Å². The zero-order chi connectivity index (χ0) is 15.0. The van der Waals surface area contributed by atoms with Gasteiger partial charge in [0.05, 0.1) is 0 Å². The minimum atomic E-state index is -0.347. The van der Waals surface area contributed by atoms with Crippen molar-refractivity contribution >= 4 is 11.9 Å². The van der Waals surface area contributed by atoms with Gasteiger partial charge in [0.25, 0.3) is 0 Å². The van der Waals surface area contributed by atoms with E-state index in [4.69, 9.17) is 9.47 Å². The van der Waals surface area contributed by atoms with Gasteiger partial charge in [-0.15, -0.1) is 0 Å². The van der Waals surface area contributed by atoms with Gasteiger partial charge in [-0.05, 0) is 30.5 Å². The molecule has 0 aliphatic heterocycles. The maximum absolute atomic E-state index is 11.5. The number of carbonyl (C=O) groups excluding carboxylic acids is 2. The van der Waals surface area contributed by atoms with Crippen LogP contribution in [0.15, 0.2) is 18.2 Å². The van der Waals surface area contributed by atoms with Gasteiger partial charge < -0.3 is 9.47 Å². The first-order chi connectivity index (χ1) is 9.60. The minimum Gasteiger partial charge on any atom is -0.423 e. The van der Waals surface area contributed by atoms with Crippen LogP contribution in [-0.4, -0.2) is 11.9 Å². The highest BCUT2D eigenvalue weighted by Crippen LogP contribution is 2.29. The number of hydrogen-bond acceptors (Lipinski definition) is 4. The molecule has 0 N–H and O–H groups in total. The Kier molecular flexibility index (Phi) is 6.77. The first-order valence-electron chi connectivity index (χ1n) is 7.14. The van der Waals surface area contributed by atoms with Gasteiger partial charge in [0.15, 0.2) is 11.5 Å². The molecule has 0 atom stereocenters. The van der Waals surface area contributed by atoms with E-state index >= 15 is 0 Å². The van der Waals surface area contributed by atoms with E-state index in [-0.39, 0.29) is 24.8 Å². The number of hydrogen-bond donors (Lipinski definition) is 0. The molecule has 20 heavy (non-hydrogen) atoms. The van der Waals surface area contributed by atoms with Crippen LogP contribution in [0.4, 0.5) is 0 Å². The molecule has 0 aliphatic rings. The average Bonchev–Trinajstić information content (AvgIpc) is 2.46. The largest absolute Gasteiger partial charge is 0.423 e. The van der Waals surface area contributed by atoms with Crippen molar-refractivity contribution in [3.8, 4) is 11.5 Å². The van der Waals surface area contributed by atoms with Gasteiger partial charge in [-0.3, -0.25) is 9.59 Å². The summed E-state index contributed by atoms with van der Waals surface area (Å²) in [7, 11) is 0. The molecule has 1 aromatic rings. The van der Waals surface area contributed by atoms with Crippen LogP contribution in [0.2, 0.25) is 0 Å². The summed E-state index contributed by atoms with van der Waals surface area (Å²) < 4.78 is 10.4. The van der Waals surface area contributed by atoms with E-state index in [1.165, 1.54) is 0 Å². The van der Waals surface area contributed by atoms with Crippen molar-refractivity contribution in [2.45, 2.75) is 52.9 Å². The van der Waals surface area contributed by atoms with Gasteiger partial charge in [-0.1, -0.05) is 33.3 Å². The highest BCUT2D eigenvalue weighted by Gasteiger charge is 2.13. The highest BCUT2D eigenvalue weighted by molar-refractivity contribution is 5.76. The van der Waals surface area contributed by atoms with Crippen LogP contribution in [0.1, 0.15) is 52.0 Å². The van der Waals surface area contributed by atoms with Crippen molar-refractivity contribution in [2.75, 3.05) is 0 Å². The van der Waals surface area contributed by atoms with E-state index in [1.54, 1.807) is 26.0 Å². The first kappa shape index (κ1) is 16.2. The first-order valence-corrected chi connectivity index (χ1v) is 7.14. The van der Waals surface area contributed by atoms with Crippen molar-refractivity contribution < 1.29 is 19.1 Å². The van der Waals surface area contributed by atoms with Crippen LogP contribution >= 0.6 is 0 Å². The van der Waals surface area contributed by atoms with Gasteiger partial charge in [0, 0.05) is 12.8 Å². The second-order valence-corrected chi connectivity index (χ2v) is 4.54. The number of rotatable bonds is 7. The van der Waals surface area contributed by atoms with Crippen molar-refractivity contribution in [3.63, 3.8) is 0 Å². The van der Waals surface area contributed by atoms with Gasteiger partial charge in [0.1, 0.15) is 0 Å². The molecule has 1 aromatic carbocycles. The molecule has 0 aliphatic carbocycles. The minimum absolute atomic E-state index is 0.277. The van der Waals surface area contributed by atoms with Crippen LogP contribution in [-0.2, 0) is 16.0 Å². The van der Waals surface area contributed by atoms with Crippen molar-refractivity contribution in [3.05, 3.63) is 23.8 Å². The van der Waals surface area contributed by atoms with E-state index in [2.05, 4.69) is 6.92 Å². The second kappa shape index (κ2) is 8.35. The molecule has 0 bridgehead atoms.